The van der Waals surface area contributed by atoms with Crippen LogP contribution in [0.4, 0.5) is 5.69 Å². The van der Waals surface area contributed by atoms with E-state index in [-0.39, 0.29) is 24.7 Å². The maximum absolute atomic E-state index is 11.7. The minimum atomic E-state index is -0.728. The van der Waals surface area contributed by atoms with Gasteiger partial charge in [0, 0.05) is 6.07 Å². The monoisotopic (exact) mass is 345 g/mol. The van der Waals surface area contributed by atoms with Gasteiger partial charge in [-0.15, -0.1) is 0 Å². The van der Waals surface area contributed by atoms with Crippen LogP contribution in [0.1, 0.15) is 10.4 Å². The standard InChI is InChI=1S/C17H15NO7/c19-16(12-25-15-9-5-4-8-14(15)18(21)22)23-10-11-24-17(20)13-6-2-1-3-7-13/h1-9H,10-12H2. The fraction of sp³-hybridized carbons (Fsp3) is 0.176. The SMILES string of the molecule is O=C(COc1ccccc1[N+](=O)[O-])OCCOC(=O)c1ccccc1. The van der Waals surface area contributed by atoms with Gasteiger partial charge in [-0.2, -0.15) is 0 Å². The second-order valence-electron chi connectivity index (χ2n) is 4.74. The molecule has 0 N–H and O–H groups in total. The molecule has 8 heteroatoms. The lowest BCUT2D eigenvalue weighted by molar-refractivity contribution is -0.385. The molecule has 0 bridgehead atoms. The predicted molar refractivity (Wildman–Crippen MR) is 86.3 cm³/mol. The van der Waals surface area contributed by atoms with Gasteiger partial charge in [-0.25, -0.2) is 9.59 Å². The van der Waals surface area contributed by atoms with E-state index in [4.69, 9.17) is 14.2 Å². The number of benzene rings is 2. The summed E-state index contributed by atoms with van der Waals surface area (Å²) in [6, 6.07) is 14.1. The van der Waals surface area contributed by atoms with E-state index in [9.17, 15) is 19.7 Å². The molecule has 0 saturated carbocycles. The lowest BCUT2D eigenvalue weighted by Gasteiger charge is -2.08. The molecule has 0 fully saturated rings. The fourth-order valence-electron chi connectivity index (χ4n) is 1.86. The maximum atomic E-state index is 11.7. The van der Waals surface area contributed by atoms with Crippen molar-refractivity contribution in [2.24, 2.45) is 0 Å². The Labute approximate surface area is 143 Å². The van der Waals surface area contributed by atoms with E-state index in [0.29, 0.717) is 5.56 Å². The summed E-state index contributed by atoms with van der Waals surface area (Å²) in [7, 11) is 0. The van der Waals surface area contributed by atoms with Crippen molar-refractivity contribution in [1.82, 2.24) is 0 Å². The van der Waals surface area contributed by atoms with E-state index in [1.807, 2.05) is 0 Å². The first kappa shape index (κ1) is 17.9. The van der Waals surface area contributed by atoms with E-state index in [0.717, 1.165) is 0 Å². The first-order valence-corrected chi connectivity index (χ1v) is 7.32. The molecule has 25 heavy (non-hydrogen) atoms. The van der Waals surface area contributed by atoms with Crippen molar-refractivity contribution < 1.29 is 28.7 Å². The summed E-state index contributed by atoms with van der Waals surface area (Å²) >= 11 is 0. The third-order valence-corrected chi connectivity index (χ3v) is 3.00. The normalized spacial score (nSPS) is 9.92. The molecule has 0 amide bonds. The van der Waals surface area contributed by atoms with Gasteiger partial charge in [0.15, 0.2) is 12.4 Å². The van der Waals surface area contributed by atoms with Gasteiger partial charge in [0.25, 0.3) is 0 Å². The van der Waals surface area contributed by atoms with E-state index < -0.39 is 23.5 Å². The molecule has 0 aromatic heterocycles. The Balaban J connectivity index is 1.70. The van der Waals surface area contributed by atoms with Gasteiger partial charge in [-0.1, -0.05) is 30.3 Å². The largest absolute Gasteiger partial charge is 0.475 e. The molecule has 0 atom stereocenters. The number of nitro groups is 1. The highest BCUT2D eigenvalue weighted by Crippen LogP contribution is 2.25. The second kappa shape index (κ2) is 9.02. The van der Waals surface area contributed by atoms with Crippen LogP contribution in [0.15, 0.2) is 54.6 Å². The smallest absolute Gasteiger partial charge is 0.344 e. The average molecular weight is 345 g/mol. The molecule has 0 saturated heterocycles. The summed E-state index contributed by atoms with van der Waals surface area (Å²) in [5, 5.41) is 10.8. The van der Waals surface area contributed by atoms with Gasteiger partial charge in [-0.3, -0.25) is 10.1 Å². The van der Waals surface area contributed by atoms with Crippen LogP contribution in [0.2, 0.25) is 0 Å². The van der Waals surface area contributed by atoms with E-state index in [2.05, 4.69) is 0 Å². The molecule has 8 nitrogen and oxygen atoms in total. The fourth-order valence-corrected chi connectivity index (χ4v) is 1.86. The number of esters is 2. The van der Waals surface area contributed by atoms with Crippen LogP contribution in [0, 0.1) is 10.1 Å². The second-order valence-corrected chi connectivity index (χ2v) is 4.74. The van der Waals surface area contributed by atoms with Crippen molar-refractivity contribution in [3.8, 4) is 5.75 Å². The van der Waals surface area contributed by atoms with Crippen LogP contribution in [0.3, 0.4) is 0 Å². The third kappa shape index (κ3) is 5.61. The molecule has 2 aromatic carbocycles. The zero-order valence-corrected chi connectivity index (χ0v) is 13.1. The van der Waals surface area contributed by atoms with Gasteiger partial charge < -0.3 is 14.2 Å². The average Bonchev–Trinajstić information content (AvgIpc) is 2.64. The van der Waals surface area contributed by atoms with Crippen molar-refractivity contribution >= 4 is 17.6 Å². The summed E-state index contributed by atoms with van der Waals surface area (Å²) < 4.78 is 14.9. The molecular formula is C17H15NO7. The minimum Gasteiger partial charge on any atom is -0.475 e. The number of hydrogen-bond acceptors (Lipinski definition) is 7. The van der Waals surface area contributed by atoms with Crippen LogP contribution >= 0.6 is 0 Å². The number of carbonyl (C=O) groups excluding carboxylic acids is 2. The first-order valence-electron chi connectivity index (χ1n) is 7.32. The molecular weight excluding hydrogens is 330 g/mol. The Hall–Kier alpha value is -3.42. The Morgan fingerprint density at radius 2 is 1.56 bits per heavy atom. The lowest BCUT2D eigenvalue weighted by Crippen LogP contribution is -2.19. The van der Waals surface area contributed by atoms with E-state index in [1.165, 1.54) is 18.2 Å². The minimum absolute atomic E-state index is 0.0278. The van der Waals surface area contributed by atoms with Crippen LogP contribution in [0.25, 0.3) is 0 Å². The molecule has 2 aromatic rings. The zero-order chi connectivity index (χ0) is 18.1. The van der Waals surface area contributed by atoms with Gasteiger partial charge in [-0.05, 0) is 18.2 Å². The summed E-state index contributed by atoms with van der Waals surface area (Å²) in [6.07, 6.45) is 0. The number of rotatable bonds is 8. The van der Waals surface area contributed by atoms with Crippen LogP contribution < -0.4 is 4.74 Å². The van der Waals surface area contributed by atoms with Crippen molar-refractivity contribution in [3.05, 3.63) is 70.3 Å². The highest BCUT2D eigenvalue weighted by Gasteiger charge is 2.15. The predicted octanol–water partition coefficient (Wildman–Crippen LogP) is 2.37. The molecule has 0 aliphatic heterocycles. The molecule has 0 aliphatic rings. The number of ether oxygens (including phenoxy) is 3. The van der Waals surface area contributed by atoms with Crippen LogP contribution in [-0.4, -0.2) is 36.7 Å². The molecule has 0 heterocycles. The van der Waals surface area contributed by atoms with Gasteiger partial charge in [0.05, 0.1) is 10.5 Å². The Morgan fingerprint density at radius 1 is 0.920 bits per heavy atom. The Morgan fingerprint density at radius 3 is 2.28 bits per heavy atom. The van der Waals surface area contributed by atoms with Crippen molar-refractivity contribution in [3.63, 3.8) is 0 Å². The van der Waals surface area contributed by atoms with E-state index >= 15 is 0 Å². The first-order chi connectivity index (χ1) is 12.1. The molecule has 0 aliphatic carbocycles. The molecule has 0 unspecified atom stereocenters. The number of carbonyl (C=O) groups is 2. The topological polar surface area (TPSA) is 105 Å². The third-order valence-electron chi connectivity index (χ3n) is 3.00. The van der Waals surface area contributed by atoms with Gasteiger partial charge in [0.2, 0.25) is 0 Å². The highest BCUT2D eigenvalue weighted by molar-refractivity contribution is 5.89. The van der Waals surface area contributed by atoms with Gasteiger partial charge in [0.1, 0.15) is 13.2 Å². The number of hydrogen-bond donors (Lipinski definition) is 0. The number of nitrogens with zero attached hydrogens (tertiary/aromatic N) is 1. The Bertz CT molecular complexity index is 746. The molecule has 2 rings (SSSR count). The Kier molecular flexibility index (Phi) is 6.47. The van der Waals surface area contributed by atoms with Crippen molar-refractivity contribution in [2.75, 3.05) is 19.8 Å². The van der Waals surface area contributed by atoms with Gasteiger partial charge >= 0.3 is 17.6 Å². The summed E-state index contributed by atoms with van der Waals surface area (Å²) in [4.78, 5) is 33.4. The molecule has 0 radical (unpaired) electrons. The van der Waals surface area contributed by atoms with Crippen LogP contribution in [-0.2, 0) is 14.3 Å². The quantitative estimate of drug-likeness (QED) is 0.313. The number of para-hydroxylation sites is 2. The highest BCUT2D eigenvalue weighted by atomic mass is 16.6. The lowest BCUT2D eigenvalue weighted by atomic mass is 10.2. The summed E-state index contributed by atoms with van der Waals surface area (Å²) in [6.45, 7) is -0.736. The van der Waals surface area contributed by atoms with Crippen molar-refractivity contribution in [2.45, 2.75) is 0 Å². The molecule has 130 valence electrons. The summed E-state index contributed by atoms with van der Waals surface area (Å²) in [5.41, 5.74) is 0.153. The maximum Gasteiger partial charge on any atom is 0.344 e. The summed E-state index contributed by atoms with van der Waals surface area (Å²) in [5.74, 6) is -1.28. The van der Waals surface area contributed by atoms with Crippen LogP contribution in [0.5, 0.6) is 5.75 Å². The van der Waals surface area contributed by atoms with Crippen molar-refractivity contribution in [1.29, 1.82) is 0 Å². The molecule has 0 spiro atoms. The zero-order valence-electron chi connectivity index (χ0n) is 13.1. The number of nitro benzene ring substituents is 1. The van der Waals surface area contributed by atoms with E-state index in [1.54, 1.807) is 36.4 Å².